The number of amides is 1. The molecule has 1 fully saturated rings. The topological polar surface area (TPSA) is 155 Å². The van der Waals surface area contributed by atoms with Gasteiger partial charge < -0.3 is 20.7 Å². The van der Waals surface area contributed by atoms with Crippen molar-refractivity contribution in [3.63, 3.8) is 0 Å². The lowest BCUT2D eigenvalue weighted by atomic mass is 9.89. The van der Waals surface area contributed by atoms with Gasteiger partial charge in [0.2, 0.25) is 0 Å². The molecule has 0 bridgehead atoms. The molecule has 1 aliphatic rings. The molecule has 1 amide bonds. The summed E-state index contributed by atoms with van der Waals surface area (Å²) < 4.78 is 1.51. The second-order valence-electron chi connectivity index (χ2n) is 10.3. The summed E-state index contributed by atoms with van der Waals surface area (Å²) in [5.41, 5.74) is 12.2. The molecule has 6 rings (SSSR count). The van der Waals surface area contributed by atoms with Crippen molar-refractivity contribution in [1.82, 2.24) is 34.4 Å². The van der Waals surface area contributed by atoms with Crippen LogP contribution in [0.4, 0.5) is 5.82 Å². The minimum absolute atomic E-state index is 0.0867. The molecule has 1 unspecified atom stereocenters. The summed E-state index contributed by atoms with van der Waals surface area (Å²) in [6, 6.07) is 13.9. The second-order valence-corrected chi connectivity index (χ2v) is 10.3. The van der Waals surface area contributed by atoms with E-state index in [1.165, 1.54) is 17.8 Å². The van der Waals surface area contributed by atoms with E-state index < -0.39 is 6.10 Å². The first kappa shape index (κ1) is 26.3. The Hall–Kier alpha value is -4.90. The number of hydrogen-bond donors (Lipinski definition) is 3. The van der Waals surface area contributed by atoms with Crippen LogP contribution in [0.25, 0.3) is 28.0 Å². The molecule has 1 saturated heterocycles. The summed E-state index contributed by atoms with van der Waals surface area (Å²) in [5.74, 6) is -0.356. The van der Waals surface area contributed by atoms with Crippen LogP contribution in [0, 0.1) is 0 Å². The zero-order chi connectivity index (χ0) is 28.5. The van der Waals surface area contributed by atoms with Crippen LogP contribution in [-0.2, 0) is 11.2 Å². The highest BCUT2D eigenvalue weighted by Crippen LogP contribution is 2.35. The summed E-state index contributed by atoms with van der Waals surface area (Å²) >= 11 is 0. The zero-order valence-corrected chi connectivity index (χ0v) is 22.6. The third-order valence-electron chi connectivity index (χ3n) is 7.65. The van der Waals surface area contributed by atoms with Crippen LogP contribution in [-0.4, -0.2) is 70.4 Å². The summed E-state index contributed by atoms with van der Waals surface area (Å²) in [6.45, 7) is 2.35. The fourth-order valence-electron chi connectivity index (χ4n) is 5.50. The summed E-state index contributed by atoms with van der Waals surface area (Å²) in [7, 11) is 0. The van der Waals surface area contributed by atoms with Gasteiger partial charge in [-0.25, -0.2) is 9.97 Å². The van der Waals surface area contributed by atoms with Crippen LogP contribution in [0.2, 0.25) is 0 Å². The Kier molecular flexibility index (Phi) is 7.02. The van der Waals surface area contributed by atoms with Crippen molar-refractivity contribution < 1.29 is 14.7 Å². The van der Waals surface area contributed by atoms with E-state index >= 15 is 0 Å². The standard InChI is InChI=1S/C30H30N8O3/c1-18(39)26-27(20-9-11-37(12-10-20)30(41)25(40)13-22-15-32-17-34-22)36-29-23(16-35-38(29)28(26)31)21-7-8-24(33-14-21)19-5-3-2-4-6-19/h2-8,14-17,20,25,40H,9-13,31H2,1H3,(H,32,34). The molecule has 4 N–H and O–H groups in total. The minimum Gasteiger partial charge on any atom is -0.383 e. The van der Waals surface area contributed by atoms with Gasteiger partial charge in [0, 0.05) is 60.2 Å². The Balaban J connectivity index is 1.27. The van der Waals surface area contributed by atoms with Gasteiger partial charge in [0.05, 0.1) is 29.5 Å². The number of aromatic amines is 1. The number of aliphatic hydroxyl groups excluding tert-OH is 1. The van der Waals surface area contributed by atoms with Crippen molar-refractivity contribution in [3.8, 4) is 22.4 Å². The van der Waals surface area contributed by atoms with E-state index in [0.29, 0.717) is 48.5 Å². The van der Waals surface area contributed by atoms with Crippen molar-refractivity contribution in [3.05, 3.63) is 84.3 Å². The van der Waals surface area contributed by atoms with Gasteiger partial charge in [0.1, 0.15) is 11.9 Å². The number of hydrogen-bond acceptors (Lipinski definition) is 8. The van der Waals surface area contributed by atoms with Crippen LogP contribution in [0.1, 0.15) is 47.4 Å². The molecule has 0 spiro atoms. The molecule has 1 atom stereocenters. The maximum atomic E-state index is 12.9. The number of aliphatic hydroxyl groups is 1. The number of imidazole rings is 1. The number of nitrogens with one attached hydrogen (secondary N) is 1. The number of H-pyrrole nitrogens is 1. The van der Waals surface area contributed by atoms with Crippen LogP contribution < -0.4 is 5.73 Å². The zero-order valence-electron chi connectivity index (χ0n) is 22.6. The molecule has 208 valence electrons. The second kappa shape index (κ2) is 10.9. The van der Waals surface area contributed by atoms with E-state index in [4.69, 9.17) is 10.7 Å². The largest absolute Gasteiger partial charge is 0.383 e. The van der Waals surface area contributed by atoms with Gasteiger partial charge in [-0.15, -0.1) is 0 Å². The number of nitrogens with two attached hydrogens (primary N) is 1. The number of nitrogens with zero attached hydrogens (tertiary/aromatic N) is 6. The highest BCUT2D eigenvalue weighted by Gasteiger charge is 2.32. The normalized spacial score (nSPS) is 14.8. The van der Waals surface area contributed by atoms with Gasteiger partial charge in [0.15, 0.2) is 11.4 Å². The Morgan fingerprint density at radius 1 is 1.07 bits per heavy atom. The van der Waals surface area contributed by atoms with Crippen molar-refractivity contribution in [1.29, 1.82) is 0 Å². The smallest absolute Gasteiger partial charge is 0.251 e. The number of aromatic nitrogens is 6. The molecular weight excluding hydrogens is 520 g/mol. The number of carbonyl (C=O) groups excluding carboxylic acids is 2. The molecule has 4 aromatic heterocycles. The number of rotatable bonds is 7. The molecule has 0 saturated carbocycles. The number of likely N-dealkylation sites (tertiary alicyclic amines) is 1. The molecular formula is C30H30N8O3. The molecule has 11 heteroatoms. The molecule has 5 aromatic rings. The predicted molar refractivity (Wildman–Crippen MR) is 153 cm³/mol. The first-order valence-corrected chi connectivity index (χ1v) is 13.5. The molecule has 1 aliphatic heterocycles. The quantitative estimate of drug-likeness (QED) is 0.261. The number of carbonyl (C=O) groups is 2. The molecule has 11 nitrogen and oxygen atoms in total. The Bertz CT molecular complexity index is 1690. The molecule has 41 heavy (non-hydrogen) atoms. The van der Waals surface area contributed by atoms with Crippen molar-refractivity contribution in [2.24, 2.45) is 0 Å². The maximum absolute atomic E-state index is 12.9. The van der Waals surface area contributed by atoms with Crippen LogP contribution >= 0.6 is 0 Å². The fraction of sp³-hybridized carbons (Fsp3) is 0.267. The molecule has 1 aromatic carbocycles. The third-order valence-corrected chi connectivity index (χ3v) is 7.65. The number of Topliss-reactive ketones (excluding diaryl/α,β-unsaturated/α-hetero) is 1. The number of ketones is 1. The number of anilines is 1. The summed E-state index contributed by atoms with van der Waals surface area (Å²) in [5, 5.41) is 14.9. The SMILES string of the molecule is CC(=O)c1c(C2CCN(C(=O)C(O)Cc3cnc[nH]3)CC2)nc2c(-c3ccc(-c4ccccc4)nc3)cnn2c1N. The molecule has 0 radical (unpaired) electrons. The number of pyridine rings is 1. The average molecular weight is 551 g/mol. The van der Waals surface area contributed by atoms with Crippen molar-refractivity contribution >= 4 is 23.2 Å². The Labute approximate surface area is 236 Å². The number of nitrogen functional groups attached to an aromatic ring is 1. The summed E-state index contributed by atoms with van der Waals surface area (Å²) in [6.07, 6.45) is 6.78. The third kappa shape index (κ3) is 5.07. The highest BCUT2D eigenvalue weighted by atomic mass is 16.3. The lowest BCUT2D eigenvalue weighted by Crippen LogP contribution is -2.44. The molecule has 0 aliphatic carbocycles. The van der Waals surface area contributed by atoms with Gasteiger partial charge in [-0.1, -0.05) is 36.4 Å². The van der Waals surface area contributed by atoms with Crippen LogP contribution in [0.5, 0.6) is 0 Å². The van der Waals surface area contributed by atoms with Crippen molar-refractivity contribution in [2.45, 2.75) is 38.2 Å². The average Bonchev–Trinajstić information content (AvgIpc) is 3.67. The van der Waals surface area contributed by atoms with Gasteiger partial charge in [-0.2, -0.15) is 9.61 Å². The lowest BCUT2D eigenvalue weighted by molar-refractivity contribution is -0.141. The predicted octanol–water partition coefficient (Wildman–Crippen LogP) is 3.28. The van der Waals surface area contributed by atoms with Gasteiger partial charge in [-0.3, -0.25) is 14.6 Å². The van der Waals surface area contributed by atoms with Crippen molar-refractivity contribution in [2.75, 3.05) is 18.8 Å². The first-order chi connectivity index (χ1) is 19.9. The first-order valence-electron chi connectivity index (χ1n) is 13.5. The monoisotopic (exact) mass is 550 g/mol. The van der Waals surface area contributed by atoms with Gasteiger partial charge in [0.25, 0.3) is 5.91 Å². The highest BCUT2D eigenvalue weighted by molar-refractivity contribution is 6.00. The van der Waals surface area contributed by atoms with Gasteiger partial charge in [-0.05, 0) is 25.8 Å². The molecule has 5 heterocycles. The number of benzene rings is 1. The van der Waals surface area contributed by atoms with E-state index in [9.17, 15) is 14.7 Å². The number of piperidine rings is 1. The van der Waals surface area contributed by atoms with Crippen LogP contribution in [0.3, 0.4) is 0 Å². The Morgan fingerprint density at radius 3 is 2.51 bits per heavy atom. The van der Waals surface area contributed by atoms with Gasteiger partial charge >= 0.3 is 0 Å². The fourth-order valence-corrected chi connectivity index (χ4v) is 5.50. The van der Waals surface area contributed by atoms with E-state index in [1.807, 2.05) is 42.5 Å². The Morgan fingerprint density at radius 2 is 1.85 bits per heavy atom. The number of fused-ring (bicyclic) bond motifs is 1. The summed E-state index contributed by atoms with van der Waals surface area (Å²) in [4.78, 5) is 43.8. The maximum Gasteiger partial charge on any atom is 0.251 e. The van der Waals surface area contributed by atoms with E-state index in [-0.39, 0.29) is 29.8 Å². The van der Waals surface area contributed by atoms with Crippen LogP contribution in [0.15, 0.2) is 67.4 Å². The lowest BCUT2D eigenvalue weighted by Gasteiger charge is -2.33. The van der Waals surface area contributed by atoms with E-state index in [1.54, 1.807) is 23.5 Å². The minimum atomic E-state index is -1.15. The van der Waals surface area contributed by atoms with E-state index in [0.717, 1.165) is 22.4 Å². The van der Waals surface area contributed by atoms with E-state index in [2.05, 4.69) is 20.1 Å².